The Morgan fingerprint density at radius 1 is 1.48 bits per heavy atom. The molecule has 0 aliphatic carbocycles. The molecule has 0 saturated carbocycles. The molecule has 1 aliphatic rings. The van der Waals surface area contributed by atoms with Crippen LogP contribution in [0.1, 0.15) is 25.5 Å². The zero-order valence-corrected chi connectivity index (χ0v) is 14.1. The van der Waals surface area contributed by atoms with E-state index in [2.05, 4.69) is 25.8 Å². The van der Waals surface area contributed by atoms with Gasteiger partial charge in [0.15, 0.2) is 0 Å². The molecule has 0 bridgehead atoms. The third kappa shape index (κ3) is 3.58. The number of halogens is 1. The molecule has 116 valence electrons. The van der Waals surface area contributed by atoms with Crippen LogP contribution in [-0.4, -0.2) is 36.9 Å². The van der Waals surface area contributed by atoms with Crippen LogP contribution < -0.4 is 15.4 Å². The minimum Gasteiger partial charge on any atom is -0.495 e. The van der Waals surface area contributed by atoms with Crippen molar-refractivity contribution >= 4 is 27.8 Å². The van der Waals surface area contributed by atoms with E-state index in [4.69, 9.17) is 15.2 Å². The number of hydrogen-bond donors (Lipinski definition) is 1. The van der Waals surface area contributed by atoms with E-state index in [1.807, 2.05) is 19.9 Å². The minimum absolute atomic E-state index is 0.489. The van der Waals surface area contributed by atoms with Crippen LogP contribution in [-0.2, 0) is 4.74 Å². The number of aryl methyl sites for hydroxylation is 1. The van der Waals surface area contributed by atoms with Gasteiger partial charge in [0.25, 0.3) is 0 Å². The molecule has 1 amide bonds. The van der Waals surface area contributed by atoms with Gasteiger partial charge in [-0.05, 0) is 29.8 Å². The van der Waals surface area contributed by atoms with Crippen molar-refractivity contribution in [1.82, 2.24) is 4.98 Å². The maximum Gasteiger partial charge on any atom is 0.405 e. The standard InChI is InChI=1S/C14H20BrN3O3/c1-9-12(15)10(20-3)8-11(17-9)18-6-4-14(2,5-7-18)21-13(16)19/h8H,4-7H2,1-3H3,(H2,16,19). The number of anilines is 1. The predicted molar refractivity (Wildman–Crippen MR) is 83.7 cm³/mol. The summed E-state index contributed by atoms with van der Waals surface area (Å²) < 4.78 is 11.4. The van der Waals surface area contributed by atoms with Gasteiger partial charge in [-0.1, -0.05) is 0 Å². The molecule has 6 nitrogen and oxygen atoms in total. The first-order chi connectivity index (χ1) is 9.84. The number of primary amides is 1. The molecule has 2 heterocycles. The second-order valence-corrected chi connectivity index (χ2v) is 6.23. The number of aromatic nitrogens is 1. The van der Waals surface area contributed by atoms with Crippen LogP contribution in [0.2, 0.25) is 0 Å². The molecule has 2 rings (SSSR count). The molecule has 1 aromatic heterocycles. The number of carbonyl (C=O) groups excluding carboxylic acids is 1. The van der Waals surface area contributed by atoms with Gasteiger partial charge in [-0.3, -0.25) is 0 Å². The van der Waals surface area contributed by atoms with E-state index in [9.17, 15) is 4.79 Å². The third-order valence-corrected chi connectivity index (χ3v) is 4.75. The predicted octanol–water partition coefficient (Wildman–Crippen LogP) is 2.62. The smallest absolute Gasteiger partial charge is 0.405 e. The molecule has 2 N–H and O–H groups in total. The SMILES string of the molecule is COc1cc(N2CCC(C)(OC(N)=O)CC2)nc(C)c1Br. The van der Waals surface area contributed by atoms with Gasteiger partial charge in [-0.15, -0.1) is 0 Å². The lowest BCUT2D eigenvalue weighted by Gasteiger charge is -2.39. The number of piperidine rings is 1. The molecule has 1 aromatic rings. The van der Waals surface area contributed by atoms with E-state index in [0.29, 0.717) is 0 Å². The topological polar surface area (TPSA) is 77.7 Å². The van der Waals surface area contributed by atoms with Gasteiger partial charge < -0.3 is 20.1 Å². The third-order valence-electron chi connectivity index (χ3n) is 3.79. The van der Waals surface area contributed by atoms with E-state index in [-0.39, 0.29) is 0 Å². The summed E-state index contributed by atoms with van der Waals surface area (Å²) >= 11 is 3.47. The summed E-state index contributed by atoms with van der Waals surface area (Å²) in [4.78, 5) is 17.7. The van der Waals surface area contributed by atoms with Gasteiger partial charge in [-0.2, -0.15) is 0 Å². The number of rotatable bonds is 3. The van der Waals surface area contributed by atoms with E-state index in [1.165, 1.54) is 0 Å². The number of amides is 1. The molecular weight excluding hydrogens is 338 g/mol. The van der Waals surface area contributed by atoms with E-state index >= 15 is 0 Å². The lowest BCUT2D eigenvalue weighted by Crippen LogP contribution is -2.46. The van der Waals surface area contributed by atoms with Crippen LogP contribution in [0.4, 0.5) is 10.6 Å². The first-order valence-corrected chi connectivity index (χ1v) is 7.58. The maximum atomic E-state index is 10.9. The first-order valence-electron chi connectivity index (χ1n) is 6.79. The number of nitrogens with two attached hydrogens (primary N) is 1. The van der Waals surface area contributed by atoms with Crippen LogP contribution in [0.15, 0.2) is 10.5 Å². The summed E-state index contributed by atoms with van der Waals surface area (Å²) in [6.07, 6.45) is 0.717. The molecule has 0 spiro atoms. The largest absolute Gasteiger partial charge is 0.495 e. The average molecular weight is 358 g/mol. The highest BCUT2D eigenvalue weighted by atomic mass is 79.9. The summed E-state index contributed by atoms with van der Waals surface area (Å²) in [5, 5.41) is 0. The first kappa shape index (κ1) is 15.9. The second-order valence-electron chi connectivity index (χ2n) is 5.44. The van der Waals surface area contributed by atoms with Crippen molar-refractivity contribution in [3.05, 3.63) is 16.2 Å². The van der Waals surface area contributed by atoms with Crippen LogP contribution >= 0.6 is 15.9 Å². The van der Waals surface area contributed by atoms with Gasteiger partial charge in [0.05, 0.1) is 17.3 Å². The van der Waals surface area contributed by atoms with Crippen LogP contribution in [0.3, 0.4) is 0 Å². The lowest BCUT2D eigenvalue weighted by atomic mass is 9.93. The molecular formula is C14H20BrN3O3. The number of nitrogens with zero attached hydrogens (tertiary/aromatic N) is 2. The van der Waals surface area contributed by atoms with Gasteiger partial charge in [0, 0.05) is 32.0 Å². The van der Waals surface area contributed by atoms with Crippen LogP contribution in [0.5, 0.6) is 5.75 Å². The Kier molecular flexibility index (Phi) is 4.61. The summed E-state index contributed by atoms with van der Waals surface area (Å²) in [5.74, 6) is 1.63. The summed E-state index contributed by atoms with van der Waals surface area (Å²) in [6.45, 7) is 5.35. The molecule has 21 heavy (non-hydrogen) atoms. The van der Waals surface area contributed by atoms with E-state index in [1.54, 1.807) is 7.11 Å². The fourth-order valence-corrected chi connectivity index (χ4v) is 2.84. The number of methoxy groups -OCH3 is 1. The number of ether oxygens (including phenoxy) is 2. The quantitative estimate of drug-likeness (QED) is 0.899. The molecule has 7 heteroatoms. The average Bonchev–Trinajstić information content (AvgIpc) is 2.41. The van der Waals surface area contributed by atoms with Crippen molar-refractivity contribution in [2.45, 2.75) is 32.3 Å². The maximum absolute atomic E-state index is 10.9. The Bertz CT molecular complexity index is 543. The fourth-order valence-electron chi connectivity index (χ4n) is 2.48. The highest BCUT2D eigenvalue weighted by Gasteiger charge is 2.33. The molecule has 1 fully saturated rings. The Hall–Kier alpha value is -1.50. The Labute approximate surface area is 132 Å². The zero-order valence-electron chi connectivity index (χ0n) is 12.5. The van der Waals surface area contributed by atoms with E-state index in [0.717, 1.165) is 47.7 Å². The van der Waals surface area contributed by atoms with Crippen molar-refractivity contribution in [3.63, 3.8) is 0 Å². The van der Waals surface area contributed by atoms with E-state index < -0.39 is 11.7 Å². The normalized spacial score (nSPS) is 17.4. The molecule has 1 saturated heterocycles. The highest BCUT2D eigenvalue weighted by Crippen LogP contribution is 2.33. The lowest BCUT2D eigenvalue weighted by molar-refractivity contribution is 0.0126. The van der Waals surface area contributed by atoms with Crippen molar-refractivity contribution in [2.75, 3.05) is 25.1 Å². The fraction of sp³-hybridized carbons (Fsp3) is 0.571. The molecule has 1 aliphatic heterocycles. The van der Waals surface area contributed by atoms with Gasteiger partial charge in [0.2, 0.25) is 0 Å². The zero-order chi connectivity index (χ0) is 15.6. The van der Waals surface area contributed by atoms with Crippen LogP contribution in [0.25, 0.3) is 0 Å². The summed E-state index contributed by atoms with van der Waals surface area (Å²) in [6, 6.07) is 1.91. The molecule has 0 aromatic carbocycles. The number of carbonyl (C=O) groups is 1. The van der Waals surface area contributed by atoms with Gasteiger partial charge in [-0.25, -0.2) is 9.78 Å². The van der Waals surface area contributed by atoms with Crippen molar-refractivity contribution in [1.29, 1.82) is 0 Å². The van der Waals surface area contributed by atoms with Crippen molar-refractivity contribution < 1.29 is 14.3 Å². The highest BCUT2D eigenvalue weighted by molar-refractivity contribution is 9.10. The Balaban J connectivity index is 2.12. The Morgan fingerprint density at radius 2 is 2.10 bits per heavy atom. The summed E-state index contributed by atoms with van der Waals surface area (Å²) in [5.41, 5.74) is 5.51. The van der Waals surface area contributed by atoms with Crippen molar-refractivity contribution in [2.24, 2.45) is 5.73 Å². The van der Waals surface area contributed by atoms with Crippen LogP contribution in [0, 0.1) is 6.92 Å². The summed E-state index contributed by atoms with van der Waals surface area (Å²) in [7, 11) is 1.64. The van der Waals surface area contributed by atoms with Crippen molar-refractivity contribution in [3.8, 4) is 5.75 Å². The minimum atomic E-state index is -0.717. The monoisotopic (exact) mass is 357 g/mol. The Morgan fingerprint density at radius 3 is 2.62 bits per heavy atom. The molecule has 0 atom stereocenters. The van der Waals surface area contributed by atoms with Gasteiger partial charge in [0.1, 0.15) is 17.2 Å². The molecule has 0 radical (unpaired) electrons. The second kappa shape index (κ2) is 6.09. The number of hydrogen-bond acceptors (Lipinski definition) is 5. The molecule has 0 unspecified atom stereocenters. The van der Waals surface area contributed by atoms with Gasteiger partial charge >= 0.3 is 6.09 Å². The number of pyridine rings is 1.